The van der Waals surface area contributed by atoms with Gasteiger partial charge in [0.05, 0.1) is 11.9 Å². The Labute approximate surface area is 154 Å². The Morgan fingerprint density at radius 1 is 1.44 bits per heavy atom. The number of benzene rings is 1. The van der Waals surface area contributed by atoms with Crippen LogP contribution >= 0.6 is 23.8 Å². The van der Waals surface area contributed by atoms with Crippen molar-refractivity contribution in [2.24, 2.45) is 5.10 Å². The maximum absolute atomic E-state index is 12.0. The fraction of sp³-hybridized carbons (Fsp3) is 0.250. The van der Waals surface area contributed by atoms with Gasteiger partial charge in [0.25, 0.3) is 5.56 Å². The van der Waals surface area contributed by atoms with Crippen LogP contribution in [0.1, 0.15) is 31.7 Å². The monoisotopic (exact) mass is 380 g/mol. The van der Waals surface area contributed by atoms with Crippen LogP contribution in [0.2, 0.25) is 5.02 Å². The molecule has 0 aliphatic heterocycles. The molecule has 2 aromatic rings. The standard InChI is InChI=1S/C16H17ClN4O3S/c1-2-3-4-13(22)20-18-9-12-14(23)19-16(25)21(15(12)24)11-7-5-10(17)6-8-11/h5-9,24H,2-4H2,1H3,(H,20,22)(H,19,23,25)/b18-9-. The van der Waals surface area contributed by atoms with E-state index < -0.39 is 5.56 Å². The molecule has 1 aromatic heterocycles. The number of aromatic nitrogens is 2. The molecular formula is C16H17ClN4O3S. The molecule has 0 atom stereocenters. The summed E-state index contributed by atoms with van der Waals surface area (Å²) < 4.78 is 1.29. The van der Waals surface area contributed by atoms with Crippen molar-refractivity contribution in [1.29, 1.82) is 0 Å². The van der Waals surface area contributed by atoms with E-state index in [1.54, 1.807) is 24.3 Å². The van der Waals surface area contributed by atoms with Crippen molar-refractivity contribution in [3.05, 3.63) is 50.0 Å². The second-order valence-electron chi connectivity index (χ2n) is 5.21. The number of aromatic amines is 1. The predicted octanol–water partition coefficient (Wildman–Crippen LogP) is 2.89. The molecule has 1 aromatic carbocycles. The lowest BCUT2D eigenvalue weighted by Gasteiger charge is -2.11. The first-order valence-corrected chi connectivity index (χ1v) is 8.38. The highest BCUT2D eigenvalue weighted by atomic mass is 35.5. The molecule has 0 aliphatic carbocycles. The number of hydrazone groups is 1. The first-order chi connectivity index (χ1) is 11.9. The van der Waals surface area contributed by atoms with E-state index in [1.165, 1.54) is 4.57 Å². The van der Waals surface area contributed by atoms with Crippen molar-refractivity contribution >= 4 is 35.9 Å². The van der Waals surface area contributed by atoms with Gasteiger partial charge in [0.2, 0.25) is 11.8 Å². The van der Waals surface area contributed by atoms with Crippen LogP contribution in [0, 0.1) is 4.77 Å². The smallest absolute Gasteiger partial charge is 0.264 e. The van der Waals surface area contributed by atoms with Gasteiger partial charge in [0.1, 0.15) is 5.56 Å². The molecular weight excluding hydrogens is 364 g/mol. The number of H-pyrrole nitrogens is 1. The molecule has 0 aliphatic rings. The summed E-state index contributed by atoms with van der Waals surface area (Å²) >= 11 is 11.0. The molecule has 1 heterocycles. The number of unbranched alkanes of at least 4 members (excludes halogenated alkanes) is 1. The lowest BCUT2D eigenvalue weighted by Crippen LogP contribution is -2.21. The molecule has 9 heteroatoms. The number of hydrogen-bond donors (Lipinski definition) is 3. The van der Waals surface area contributed by atoms with Gasteiger partial charge < -0.3 is 5.11 Å². The predicted molar refractivity (Wildman–Crippen MR) is 99.2 cm³/mol. The molecule has 0 saturated heterocycles. The number of amides is 1. The summed E-state index contributed by atoms with van der Waals surface area (Å²) in [5.74, 6) is -0.651. The van der Waals surface area contributed by atoms with Crippen molar-refractivity contribution in [2.45, 2.75) is 26.2 Å². The third kappa shape index (κ3) is 4.77. The zero-order valence-corrected chi connectivity index (χ0v) is 15.0. The molecule has 1 amide bonds. The zero-order chi connectivity index (χ0) is 18.4. The van der Waals surface area contributed by atoms with Crippen LogP contribution in [0.4, 0.5) is 0 Å². The SMILES string of the molecule is CCCCC(=O)N/N=C\c1c(O)n(-c2ccc(Cl)cc2)c(=S)[nH]c1=O. The van der Waals surface area contributed by atoms with Gasteiger partial charge in [-0.15, -0.1) is 0 Å². The average molecular weight is 381 g/mol. The van der Waals surface area contributed by atoms with Crippen LogP contribution in [-0.4, -0.2) is 26.8 Å². The molecule has 0 radical (unpaired) electrons. The largest absolute Gasteiger partial charge is 0.494 e. The maximum atomic E-state index is 12.0. The topological polar surface area (TPSA) is 99.5 Å². The minimum absolute atomic E-state index is 0.0222. The van der Waals surface area contributed by atoms with Gasteiger partial charge >= 0.3 is 0 Å². The minimum atomic E-state index is -0.612. The summed E-state index contributed by atoms with van der Waals surface area (Å²) in [7, 11) is 0. The lowest BCUT2D eigenvalue weighted by molar-refractivity contribution is -0.121. The fourth-order valence-corrected chi connectivity index (χ4v) is 2.46. The Bertz CT molecular complexity index is 903. The van der Waals surface area contributed by atoms with Crippen molar-refractivity contribution in [3.63, 3.8) is 0 Å². The van der Waals surface area contributed by atoms with Crippen LogP contribution in [0.3, 0.4) is 0 Å². The number of carbonyl (C=O) groups is 1. The highest BCUT2D eigenvalue weighted by Gasteiger charge is 2.12. The van der Waals surface area contributed by atoms with Crippen molar-refractivity contribution in [1.82, 2.24) is 15.0 Å². The van der Waals surface area contributed by atoms with E-state index in [0.29, 0.717) is 17.1 Å². The minimum Gasteiger partial charge on any atom is -0.494 e. The number of nitrogens with one attached hydrogen (secondary N) is 2. The van der Waals surface area contributed by atoms with Gasteiger partial charge in [-0.05, 0) is 42.9 Å². The maximum Gasteiger partial charge on any atom is 0.264 e. The van der Waals surface area contributed by atoms with Crippen molar-refractivity contribution in [2.75, 3.05) is 0 Å². The second kappa shape index (κ2) is 8.59. The summed E-state index contributed by atoms with van der Waals surface area (Å²) in [6, 6.07) is 6.54. The van der Waals surface area contributed by atoms with Crippen LogP contribution in [0.15, 0.2) is 34.2 Å². The summed E-state index contributed by atoms with van der Waals surface area (Å²) in [6.07, 6.45) is 3.05. The lowest BCUT2D eigenvalue weighted by atomic mass is 10.2. The molecule has 0 fully saturated rings. The summed E-state index contributed by atoms with van der Waals surface area (Å²) in [4.78, 5) is 26.0. The van der Waals surface area contributed by atoms with E-state index in [2.05, 4.69) is 15.5 Å². The molecule has 132 valence electrons. The fourth-order valence-electron chi connectivity index (χ4n) is 2.05. The first kappa shape index (κ1) is 18.9. The van der Waals surface area contributed by atoms with E-state index >= 15 is 0 Å². The highest BCUT2D eigenvalue weighted by molar-refractivity contribution is 7.71. The molecule has 25 heavy (non-hydrogen) atoms. The Balaban J connectivity index is 2.35. The molecule has 0 spiro atoms. The normalized spacial score (nSPS) is 11.0. The molecule has 7 nitrogen and oxygen atoms in total. The number of carbonyl (C=O) groups excluding carboxylic acids is 1. The van der Waals surface area contributed by atoms with Gasteiger partial charge in [-0.3, -0.25) is 19.1 Å². The van der Waals surface area contributed by atoms with Gasteiger partial charge in [-0.25, -0.2) is 5.43 Å². The van der Waals surface area contributed by atoms with E-state index in [4.69, 9.17) is 23.8 Å². The number of hydrogen-bond acceptors (Lipinski definition) is 5. The van der Waals surface area contributed by atoms with Gasteiger partial charge in [-0.2, -0.15) is 5.10 Å². The average Bonchev–Trinajstić information content (AvgIpc) is 2.57. The van der Waals surface area contributed by atoms with Crippen LogP contribution in [0.5, 0.6) is 5.88 Å². The van der Waals surface area contributed by atoms with Crippen molar-refractivity contribution < 1.29 is 9.90 Å². The van der Waals surface area contributed by atoms with Crippen molar-refractivity contribution in [3.8, 4) is 11.6 Å². The third-order valence-electron chi connectivity index (χ3n) is 3.35. The van der Waals surface area contributed by atoms with Crippen LogP contribution in [0.25, 0.3) is 5.69 Å². The number of rotatable bonds is 6. The Morgan fingerprint density at radius 2 is 2.12 bits per heavy atom. The quantitative estimate of drug-likeness (QED) is 0.407. The van der Waals surface area contributed by atoms with Gasteiger partial charge in [0.15, 0.2) is 4.77 Å². The number of halogens is 1. The van der Waals surface area contributed by atoms with Crippen LogP contribution in [-0.2, 0) is 4.79 Å². The molecule has 2 rings (SSSR count). The first-order valence-electron chi connectivity index (χ1n) is 7.60. The number of aromatic hydroxyl groups is 1. The zero-order valence-electron chi connectivity index (χ0n) is 13.5. The van der Waals surface area contributed by atoms with E-state index in [9.17, 15) is 14.7 Å². The van der Waals surface area contributed by atoms with Crippen LogP contribution < -0.4 is 11.0 Å². The highest BCUT2D eigenvalue weighted by Crippen LogP contribution is 2.20. The van der Waals surface area contributed by atoms with E-state index in [1.807, 2.05) is 6.92 Å². The van der Waals surface area contributed by atoms with E-state index in [0.717, 1.165) is 19.1 Å². The number of nitrogens with zero attached hydrogens (tertiary/aromatic N) is 2. The Morgan fingerprint density at radius 3 is 2.76 bits per heavy atom. The van der Waals surface area contributed by atoms with E-state index in [-0.39, 0.29) is 22.1 Å². The molecule has 0 unspecified atom stereocenters. The Hall–Kier alpha value is -2.45. The summed E-state index contributed by atoms with van der Waals surface area (Å²) in [6.45, 7) is 1.97. The summed E-state index contributed by atoms with van der Waals surface area (Å²) in [5.41, 5.74) is 2.10. The Kier molecular flexibility index (Phi) is 6.49. The summed E-state index contributed by atoms with van der Waals surface area (Å²) in [5, 5.41) is 14.7. The van der Waals surface area contributed by atoms with Gasteiger partial charge in [-0.1, -0.05) is 24.9 Å². The second-order valence-corrected chi connectivity index (χ2v) is 6.03. The molecule has 3 N–H and O–H groups in total. The molecule has 0 saturated carbocycles. The molecule has 0 bridgehead atoms. The third-order valence-corrected chi connectivity index (χ3v) is 3.88. The van der Waals surface area contributed by atoms with Gasteiger partial charge in [0, 0.05) is 11.4 Å².